The van der Waals surface area contributed by atoms with Crippen molar-refractivity contribution in [1.82, 2.24) is 4.90 Å². The van der Waals surface area contributed by atoms with E-state index in [4.69, 9.17) is 10.00 Å². The summed E-state index contributed by atoms with van der Waals surface area (Å²) in [5.74, 6) is -2.37. The van der Waals surface area contributed by atoms with Crippen molar-refractivity contribution in [2.24, 2.45) is 0 Å². The fraction of sp³-hybridized carbons (Fsp3) is 0.385. The smallest absolute Gasteiger partial charge is 0.270 e. The molecule has 0 bridgehead atoms. The summed E-state index contributed by atoms with van der Waals surface area (Å²) >= 11 is 0. The van der Waals surface area contributed by atoms with Gasteiger partial charge in [0.1, 0.15) is 11.7 Å². The molecule has 2 heterocycles. The van der Waals surface area contributed by atoms with Crippen molar-refractivity contribution in [3.8, 4) is 11.8 Å². The number of ether oxygens (including phenoxy) is 1. The van der Waals surface area contributed by atoms with Gasteiger partial charge in [-0.1, -0.05) is 0 Å². The first kappa shape index (κ1) is 12.8. The molecule has 1 aromatic rings. The molecule has 1 saturated heterocycles. The zero-order valence-electron chi connectivity index (χ0n) is 10.6. The molecule has 104 valence electrons. The molecule has 2 unspecified atom stereocenters. The number of nitrogens with one attached hydrogen (secondary N) is 1. The van der Waals surface area contributed by atoms with Gasteiger partial charge in [0, 0.05) is 13.0 Å². The lowest BCUT2D eigenvalue weighted by Crippen LogP contribution is -2.52. The maximum atomic E-state index is 13.8. The number of amides is 1. The summed E-state index contributed by atoms with van der Waals surface area (Å²) < 4.78 is 32.9. The summed E-state index contributed by atoms with van der Waals surface area (Å²) in [5.41, 5.74) is -1.64. The fourth-order valence-electron chi connectivity index (χ4n) is 2.65. The summed E-state index contributed by atoms with van der Waals surface area (Å²) in [4.78, 5) is 13.8. The van der Waals surface area contributed by atoms with E-state index in [0.717, 1.165) is 12.1 Å². The highest BCUT2D eigenvalue weighted by Crippen LogP contribution is 2.42. The molecule has 0 saturated carbocycles. The van der Waals surface area contributed by atoms with E-state index in [0.29, 0.717) is 0 Å². The van der Waals surface area contributed by atoms with Gasteiger partial charge >= 0.3 is 0 Å². The van der Waals surface area contributed by atoms with Crippen molar-refractivity contribution >= 4 is 11.6 Å². The second-order valence-corrected chi connectivity index (χ2v) is 5.05. The normalized spacial score (nSPS) is 28.7. The number of fused-ring (bicyclic) bond motifs is 1. The molecule has 1 fully saturated rings. The number of rotatable bonds is 0. The topological polar surface area (TPSA) is 65.4 Å². The average molecular weight is 279 g/mol. The Morgan fingerprint density at radius 2 is 2.20 bits per heavy atom. The molecule has 1 N–H and O–H groups in total. The molecule has 0 radical (unpaired) electrons. The SMILES string of the molecule is CN1CC2(CC1C#N)Oc1c(F)ccc(F)c1NC2=O. The van der Waals surface area contributed by atoms with Crippen LogP contribution in [0.25, 0.3) is 0 Å². The minimum atomic E-state index is -1.35. The van der Waals surface area contributed by atoms with Crippen molar-refractivity contribution in [3.63, 3.8) is 0 Å². The van der Waals surface area contributed by atoms with Gasteiger partial charge in [-0.05, 0) is 19.2 Å². The standard InChI is InChI=1S/C13H11F2N3O2/c1-18-6-13(4-7(18)5-16)12(19)17-10-8(14)2-3-9(15)11(10)20-13/h2-3,7H,4,6H2,1H3,(H,17,19). The molecule has 2 atom stereocenters. The zero-order valence-corrected chi connectivity index (χ0v) is 10.6. The van der Waals surface area contributed by atoms with Gasteiger partial charge in [-0.3, -0.25) is 9.69 Å². The Bertz CT molecular complexity index is 643. The number of likely N-dealkylation sites (tertiary alicyclic amines) is 1. The quantitative estimate of drug-likeness (QED) is 0.776. The van der Waals surface area contributed by atoms with Crippen molar-refractivity contribution in [3.05, 3.63) is 23.8 Å². The maximum absolute atomic E-state index is 13.8. The highest BCUT2D eigenvalue weighted by atomic mass is 19.1. The number of nitrogens with zero attached hydrogens (tertiary/aromatic N) is 2. The minimum absolute atomic E-state index is 0.112. The number of hydrogen-bond donors (Lipinski definition) is 1. The van der Waals surface area contributed by atoms with Crippen molar-refractivity contribution in [2.45, 2.75) is 18.1 Å². The lowest BCUT2D eigenvalue weighted by molar-refractivity contribution is -0.131. The van der Waals surface area contributed by atoms with E-state index in [1.165, 1.54) is 0 Å². The van der Waals surface area contributed by atoms with Crippen LogP contribution in [0.1, 0.15) is 6.42 Å². The van der Waals surface area contributed by atoms with E-state index < -0.39 is 29.2 Å². The van der Waals surface area contributed by atoms with E-state index in [1.54, 1.807) is 11.9 Å². The van der Waals surface area contributed by atoms with Crippen LogP contribution in [-0.2, 0) is 4.79 Å². The monoisotopic (exact) mass is 279 g/mol. The summed E-state index contributed by atoms with van der Waals surface area (Å²) in [6, 6.07) is 3.42. The van der Waals surface area contributed by atoms with Crippen LogP contribution in [-0.4, -0.2) is 36.0 Å². The molecule has 0 aliphatic carbocycles. The predicted octanol–water partition coefficient (Wildman–Crippen LogP) is 1.26. The summed E-state index contributed by atoms with van der Waals surface area (Å²) in [5, 5.41) is 11.4. The molecule has 1 amide bonds. The Morgan fingerprint density at radius 1 is 1.50 bits per heavy atom. The fourth-order valence-corrected chi connectivity index (χ4v) is 2.65. The third kappa shape index (κ3) is 1.65. The summed E-state index contributed by atoms with van der Waals surface area (Å²) in [6.45, 7) is 0.145. The number of nitriles is 1. The van der Waals surface area contributed by atoms with E-state index in [-0.39, 0.29) is 24.4 Å². The molecular weight excluding hydrogens is 268 g/mol. The zero-order chi connectivity index (χ0) is 14.5. The van der Waals surface area contributed by atoms with Crippen LogP contribution in [0.5, 0.6) is 5.75 Å². The Kier molecular flexibility index (Phi) is 2.66. The van der Waals surface area contributed by atoms with E-state index in [1.807, 2.05) is 0 Å². The Labute approximate surface area is 113 Å². The number of anilines is 1. The predicted molar refractivity (Wildman–Crippen MR) is 65.0 cm³/mol. The third-order valence-corrected chi connectivity index (χ3v) is 3.72. The highest BCUT2D eigenvalue weighted by Gasteiger charge is 2.53. The minimum Gasteiger partial charge on any atom is -0.471 e. The Hall–Kier alpha value is -2.20. The van der Waals surface area contributed by atoms with Crippen molar-refractivity contribution in [1.29, 1.82) is 5.26 Å². The molecule has 3 rings (SSSR count). The number of carbonyl (C=O) groups excluding carboxylic acids is 1. The Morgan fingerprint density at radius 3 is 2.85 bits per heavy atom. The molecule has 0 aromatic heterocycles. The summed E-state index contributed by atoms with van der Waals surface area (Å²) in [6.07, 6.45) is 0.112. The van der Waals surface area contributed by atoms with Gasteiger partial charge < -0.3 is 10.1 Å². The van der Waals surface area contributed by atoms with Gasteiger partial charge in [0.05, 0.1) is 6.07 Å². The lowest BCUT2D eigenvalue weighted by Gasteiger charge is -2.34. The van der Waals surface area contributed by atoms with Gasteiger partial charge in [0.2, 0.25) is 5.60 Å². The van der Waals surface area contributed by atoms with E-state index in [9.17, 15) is 13.6 Å². The highest BCUT2D eigenvalue weighted by molar-refractivity contribution is 6.01. The van der Waals surface area contributed by atoms with Crippen molar-refractivity contribution in [2.75, 3.05) is 18.9 Å². The molecular formula is C13H11F2N3O2. The van der Waals surface area contributed by atoms with Gasteiger partial charge in [-0.25, -0.2) is 8.78 Å². The number of carbonyl (C=O) groups is 1. The lowest BCUT2D eigenvalue weighted by atomic mass is 9.97. The Balaban J connectivity index is 2.04. The number of likely N-dealkylation sites (N-methyl/N-ethyl adjacent to an activating group) is 1. The molecule has 20 heavy (non-hydrogen) atoms. The van der Waals surface area contributed by atoms with Crippen LogP contribution in [0.2, 0.25) is 0 Å². The van der Waals surface area contributed by atoms with Crippen LogP contribution >= 0.6 is 0 Å². The molecule has 5 nitrogen and oxygen atoms in total. The molecule has 1 spiro atoms. The van der Waals surface area contributed by atoms with Crippen LogP contribution < -0.4 is 10.1 Å². The second-order valence-electron chi connectivity index (χ2n) is 5.05. The van der Waals surface area contributed by atoms with E-state index >= 15 is 0 Å². The third-order valence-electron chi connectivity index (χ3n) is 3.72. The largest absolute Gasteiger partial charge is 0.471 e. The number of hydrogen-bond acceptors (Lipinski definition) is 4. The first-order chi connectivity index (χ1) is 9.47. The average Bonchev–Trinajstić information content (AvgIpc) is 2.74. The number of halogens is 2. The van der Waals surface area contributed by atoms with Crippen LogP contribution in [0, 0.1) is 23.0 Å². The second kappa shape index (κ2) is 4.15. The molecule has 2 aliphatic heterocycles. The van der Waals surface area contributed by atoms with Crippen LogP contribution in [0.4, 0.5) is 14.5 Å². The molecule has 7 heteroatoms. The first-order valence-corrected chi connectivity index (χ1v) is 6.05. The van der Waals surface area contributed by atoms with E-state index in [2.05, 4.69) is 11.4 Å². The number of benzene rings is 1. The van der Waals surface area contributed by atoms with Gasteiger partial charge in [-0.2, -0.15) is 5.26 Å². The van der Waals surface area contributed by atoms with Gasteiger partial charge in [0.25, 0.3) is 5.91 Å². The maximum Gasteiger partial charge on any atom is 0.270 e. The van der Waals surface area contributed by atoms with Gasteiger partial charge in [0.15, 0.2) is 17.4 Å². The first-order valence-electron chi connectivity index (χ1n) is 6.05. The van der Waals surface area contributed by atoms with Crippen molar-refractivity contribution < 1.29 is 18.3 Å². The van der Waals surface area contributed by atoms with Crippen LogP contribution in [0.15, 0.2) is 12.1 Å². The molecule has 2 aliphatic rings. The van der Waals surface area contributed by atoms with Gasteiger partial charge in [-0.15, -0.1) is 0 Å². The molecule has 1 aromatic carbocycles. The summed E-state index contributed by atoms with van der Waals surface area (Å²) in [7, 11) is 1.68. The van der Waals surface area contributed by atoms with Crippen LogP contribution in [0.3, 0.4) is 0 Å².